The van der Waals surface area contributed by atoms with E-state index in [2.05, 4.69) is 10.1 Å². The molecule has 0 aliphatic rings. The first-order valence-electron chi connectivity index (χ1n) is 6.41. The van der Waals surface area contributed by atoms with Crippen LogP contribution in [0.2, 0.25) is 0 Å². The fourth-order valence-corrected chi connectivity index (χ4v) is 2.04. The van der Waals surface area contributed by atoms with Crippen molar-refractivity contribution >= 4 is 5.69 Å². The van der Waals surface area contributed by atoms with Gasteiger partial charge in [0.05, 0.1) is 0 Å². The van der Waals surface area contributed by atoms with Gasteiger partial charge in [0.15, 0.2) is 0 Å². The van der Waals surface area contributed by atoms with Crippen LogP contribution in [0.4, 0.5) is 5.69 Å². The Morgan fingerprint density at radius 2 is 1.75 bits per heavy atom. The molecule has 4 heteroatoms. The highest BCUT2D eigenvalue weighted by Gasteiger charge is 2.13. The molecule has 0 saturated carbocycles. The van der Waals surface area contributed by atoms with Gasteiger partial charge in [0.2, 0.25) is 5.82 Å². The van der Waals surface area contributed by atoms with Crippen molar-refractivity contribution in [2.45, 2.75) is 13.8 Å². The van der Waals surface area contributed by atoms with Crippen molar-refractivity contribution in [3.05, 3.63) is 53.6 Å². The second kappa shape index (κ2) is 4.81. The van der Waals surface area contributed by atoms with E-state index < -0.39 is 0 Å². The van der Waals surface area contributed by atoms with Crippen LogP contribution in [0.5, 0.6) is 0 Å². The predicted molar refractivity (Wildman–Crippen MR) is 79.1 cm³/mol. The van der Waals surface area contributed by atoms with E-state index in [9.17, 15) is 0 Å². The average molecular weight is 265 g/mol. The number of hydrogen-bond acceptors (Lipinski definition) is 4. The number of nitrogens with two attached hydrogens (primary N) is 1. The molecule has 3 rings (SSSR count). The number of anilines is 1. The predicted octanol–water partition coefficient (Wildman–Crippen LogP) is 3.60. The van der Waals surface area contributed by atoms with Crippen LogP contribution in [0.3, 0.4) is 0 Å². The van der Waals surface area contributed by atoms with Gasteiger partial charge in [0, 0.05) is 16.8 Å². The molecular weight excluding hydrogens is 250 g/mol. The highest BCUT2D eigenvalue weighted by Crippen LogP contribution is 2.27. The average Bonchev–Trinajstić information content (AvgIpc) is 2.92. The molecule has 3 aromatic rings. The minimum atomic E-state index is 0.491. The van der Waals surface area contributed by atoms with Gasteiger partial charge in [-0.05, 0) is 31.5 Å². The SMILES string of the molecule is Cc1ccc(-c2noc(-c3cccc(N)c3C)n2)cc1. The number of rotatable bonds is 2. The third kappa shape index (κ3) is 2.16. The summed E-state index contributed by atoms with van der Waals surface area (Å²) >= 11 is 0. The zero-order chi connectivity index (χ0) is 14.1. The molecule has 1 aromatic heterocycles. The molecule has 100 valence electrons. The number of benzene rings is 2. The van der Waals surface area contributed by atoms with Gasteiger partial charge in [-0.2, -0.15) is 4.98 Å². The van der Waals surface area contributed by atoms with Gasteiger partial charge in [-0.15, -0.1) is 0 Å². The van der Waals surface area contributed by atoms with Crippen molar-refractivity contribution in [3.8, 4) is 22.8 Å². The van der Waals surface area contributed by atoms with E-state index in [-0.39, 0.29) is 0 Å². The molecule has 0 saturated heterocycles. The van der Waals surface area contributed by atoms with E-state index >= 15 is 0 Å². The normalized spacial score (nSPS) is 10.7. The summed E-state index contributed by atoms with van der Waals surface area (Å²) in [5.41, 5.74) is 10.6. The van der Waals surface area contributed by atoms with Crippen LogP contribution in [0.25, 0.3) is 22.8 Å². The Balaban J connectivity index is 2.02. The number of nitrogen functional groups attached to an aromatic ring is 1. The summed E-state index contributed by atoms with van der Waals surface area (Å²) in [5, 5.41) is 4.04. The van der Waals surface area contributed by atoms with E-state index in [1.54, 1.807) is 0 Å². The molecule has 1 heterocycles. The van der Waals surface area contributed by atoms with Crippen molar-refractivity contribution in [1.29, 1.82) is 0 Å². The first kappa shape index (κ1) is 12.4. The minimum absolute atomic E-state index is 0.491. The van der Waals surface area contributed by atoms with Crippen LogP contribution in [-0.4, -0.2) is 10.1 Å². The molecule has 0 fully saturated rings. The maximum Gasteiger partial charge on any atom is 0.258 e. The fraction of sp³-hybridized carbons (Fsp3) is 0.125. The van der Waals surface area contributed by atoms with Gasteiger partial charge >= 0.3 is 0 Å². The van der Waals surface area contributed by atoms with Crippen molar-refractivity contribution in [2.24, 2.45) is 0 Å². The summed E-state index contributed by atoms with van der Waals surface area (Å²) in [6.45, 7) is 3.99. The Morgan fingerprint density at radius 3 is 2.50 bits per heavy atom. The van der Waals surface area contributed by atoms with Gasteiger partial charge in [0.25, 0.3) is 5.89 Å². The van der Waals surface area contributed by atoms with Crippen molar-refractivity contribution in [3.63, 3.8) is 0 Å². The highest BCUT2D eigenvalue weighted by molar-refractivity contribution is 5.68. The topological polar surface area (TPSA) is 64.9 Å². The molecule has 0 unspecified atom stereocenters. The molecule has 2 N–H and O–H groups in total. The molecule has 2 aromatic carbocycles. The van der Waals surface area contributed by atoms with Gasteiger partial charge in [-0.3, -0.25) is 0 Å². The van der Waals surface area contributed by atoms with Crippen molar-refractivity contribution < 1.29 is 4.52 Å². The Morgan fingerprint density at radius 1 is 1.00 bits per heavy atom. The molecule has 0 amide bonds. The third-order valence-corrected chi connectivity index (χ3v) is 3.34. The summed E-state index contributed by atoms with van der Waals surface area (Å²) in [4.78, 5) is 4.45. The molecular formula is C16H15N3O. The summed E-state index contributed by atoms with van der Waals surface area (Å²) in [5.74, 6) is 1.08. The van der Waals surface area contributed by atoms with Crippen LogP contribution in [-0.2, 0) is 0 Å². The molecule has 0 bridgehead atoms. The van der Waals surface area contributed by atoms with Crippen molar-refractivity contribution in [1.82, 2.24) is 10.1 Å². The minimum Gasteiger partial charge on any atom is -0.398 e. The smallest absolute Gasteiger partial charge is 0.258 e. The van der Waals surface area contributed by atoms with Crippen LogP contribution in [0, 0.1) is 13.8 Å². The number of hydrogen-bond donors (Lipinski definition) is 1. The monoisotopic (exact) mass is 265 g/mol. The Hall–Kier alpha value is -2.62. The zero-order valence-corrected chi connectivity index (χ0v) is 11.4. The molecule has 0 aliphatic carbocycles. The lowest BCUT2D eigenvalue weighted by Crippen LogP contribution is -1.92. The second-order valence-corrected chi connectivity index (χ2v) is 4.81. The summed E-state index contributed by atoms with van der Waals surface area (Å²) in [7, 11) is 0. The van der Waals surface area contributed by atoms with E-state index in [0.29, 0.717) is 11.7 Å². The van der Waals surface area contributed by atoms with Crippen LogP contribution >= 0.6 is 0 Å². The second-order valence-electron chi connectivity index (χ2n) is 4.81. The van der Waals surface area contributed by atoms with Gasteiger partial charge in [-0.1, -0.05) is 41.1 Å². The molecule has 0 radical (unpaired) electrons. The Labute approximate surface area is 117 Å². The largest absolute Gasteiger partial charge is 0.398 e. The van der Waals surface area contributed by atoms with Crippen LogP contribution in [0.1, 0.15) is 11.1 Å². The first-order valence-corrected chi connectivity index (χ1v) is 6.41. The number of nitrogens with zero attached hydrogens (tertiary/aromatic N) is 2. The highest BCUT2D eigenvalue weighted by atomic mass is 16.5. The third-order valence-electron chi connectivity index (χ3n) is 3.34. The lowest BCUT2D eigenvalue weighted by Gasteiger charge is -2.03. The number of aryl methyl sites for hydroxylation is 1. The van der Waals surface area contributed by atoms with Gasteiger partial charge in [0.1, 0.15) is 0 Å². The van der Waals surface area contributed by atoms with E-state index in [0.717, 1.165) is 22.4 Å². The van der Waals surface area contributed by atoms with E-state index in [1.165, 1.54) is 5.56 Å². The quantitative estimate of drug-likeness (QED) is 0.719. The van der Waals surface area contributed by atoms with Gasteiger partial charge in [-0.25, -0.2) is 0 Å². The Bertz CT molecular complexity index is 745. The van der Waals surface area contributed by atoms with Crippen molar-refractivity contribution in [2.75, 3.05) is 5.73 Å². The van der Waals surface area contributed by atoms with E-state index in [1.807, 2.05) is 56.3 Å². The lowest BCUT2D eigenvalue weighted by atomic mass is 10.1. The van der Waals surface area contributed by atoms with E-state index in [4.69, 9.17) is 10.3 Å². The molecule has 0 aliphatic heterocycles. The maximum absolute atomic E-state index is 5.90. The summed E-state index contributed by atoms with van der Waals surface area (Å²) < 4.78 is 5.35. The molecule has 0 atom stereocenters. The molecule has 20 heavy (non-hydrogen) atoms. The van der Waals surface area contributed by atoms with Gasteiger partial charge < -0.3 is 10.3 Å². The van der Waals surface area contributed by atoms with Crippen LogP contribution in [0.15, 0.2) is 47.0 Å². The molecule has 4 nitrogen and oxygen atoms in total. The number of aromatic nitrogens is 2. The standard InChI is InChI=1S/C16H15N3O/c1-10-6-8-12(9-7-10)15-18-16(20-19-15)13-4-3-5-14(17)11(13)2/h3-9H,17H2,1-2H3. The maximum atomic E-state index is 5.90. The molecule has 0 spiro atoms. The van der Waals surface area contributed by atoms with Crippen LogP contribution < -0.4 is 5.73 Å². The summed E-state index contributed by atoms with van der Waals surface area (Å²) in [6.07, 6.45) is 0. The first-order chi connectivity index (χ1) is 9.65. The zero-order valence-electron chi connectivity index (χ0n) is 11.4. The summed E-state index contributed by atoms with van der Waals surface area (Å²) in [6, 6.07) is 13.7. The lowest BCUT2D eigenvalue weighted by molar-refractivity contribution is 0.432. The fourth-order valence-electron chi connectivity index (χ4n) is 2.04. The Kier molecular flexibility index (Phi) is 2.99.